The number of carbonyl (C=O) groups excluding carboxylic acids is 2. The Hall–Kier alpha value is -2.64. The van der Waals surface area contributed by atoms with E-state index in [1.807, 2.05) is 13.0 Å². The van der Waals surface area contributed by atoms with Gasteiger partial charge in [0.15, 0.2) is 13.1 Å². The summed E-state index contributed by atoms with van der Waals surface area (Å²) in [5.41, 5.74) is 0.913. The number of para-hydroxylation sites is 2. The molecule has 0 aliphatic heterocycles. The maximum Gasteiger partial charge on any atom is 0.279 e. The van der Waals surface area contributed by atoms with Crippen molar-refractivity contribution in [3.63, 3.8) is 0 Å². The average Bonchev–Trinajstić information content (AvgIpc) is 2.64. The zero-order valence-corrected chi connectivity index (χ0v) is 16.6. The maximum atomic E-state index is 13.1. The predicted molar refractivity (Wildman–Crippen MR) is 108 cm³/mol. The van der Waals surface area contributed by atoms with Gasteiger partial charge in [-0.2, -0.15) is 0 Å². The molecule has 2 aromatic rings. The van der Waals surface area contributed by atoms with Gasteiger partial charge < -0.3 is 20.3 Å². The minimum atomic E-state index is -0.478. The van der Waals surface area contributed by atoms with Gasteiger partial charge in [0.25, 0.3) is 11.8 Å². The van der Waals surface area contributed by atoms with E-state index in [1.165, 1.54) is 19.2 Å². The highest BCUT2D eigenvalue weighted by molar-refractivity contribution is 6.33. The van der Waals surface area contributed by atoms with E-state index >= 15 is 0 Å². The summed E-state index contributed by atoms with van der Waals surface area (Å²) in [5, 5.41) is 5.59. The van der Waals surface area contributed by atoms with Gasteiger partial charge in [-0.1, -0.05) is 30.7 Å². The fraction of sp³-hybridized carbons (Fsp3) is 0.300. The number of carbonyl (C=O) groups is 2. The van der Waals surface area contributed by atoms with E-state index in [4.69, 9.17) is 16.3 Å². The fourth-order valence-electron chi connectivity index (χ4n) is 2.77. The zero-order chi connectivity index (χ0) is 20.5. The Morgan fingerprint density at radius 3 is 2.32 bits per heavy atom. The van der Waals surface area contributed by atoms with Crippen molar-refractivity contribution in [1.82, 2.24) is 0 Å². The van der Waals surface area contributed by atoms with E-state index in [0.29, 0.717) is 23.7 Å². The number of anilines is 2. The number of halogens is 2. The van der Waals surface area contributed by atoms with Crippen molar-refractivity contribution in [2.75, 3.05) is 37.4 Å². The largest absolute Gasteiger partial charge is 0.495 e. The third-order valence-electron chi connectivity index (χ3n) is 4.01. The van der Waals surface area contributed by atoms with Crippen molar-refractivity contribution >= 4 is 34.8 Å². The number of methoxy groups -OCH3 is 1. The van der Waals surface area contributed by atoms with Crippen LogP contribution in [0.1, 0.15) is 13.3 Å². The summed E-state index contributed by atoms with van der Waals surface area (Å²) < 4.78 is 18.3. The highest BCUT2D eigenvalue weighted by Gasteiger charge is 2.19. The van der Waals surface area contributed by atoms with Gasteiger partial charge in [0.2, 0.25) is 0 Å². The molecule has 1 unspecified atom stereocenters. The van der Waals surface area contributed by atoms with Gasteiger partial charge in [-0.25, -0.2) is 4.39 Å². The summed E-state index contributed by atoms with van der Waals surface area (Å²) in [4.78, 5) is 25.6. The molecular weight excluding hydrogens is 385 g/mol. The zero-order valence-electron chi connectivity index (χ0n) is 15.9. The Bertz CT molecular complexity index is 832. The lowest BCUT2D eigenvalue weighted by atomic mass is 10.3. The van der Waals surface area contributed by atoms with Gasteiger partial charge >= 0.3 is 0 Å². The molecule has 0 fully saturated rings. The topological polar surface area (TPSA) is 71.9 Å². The van der Waals surface area contributed by atoms with Gasteiger partial charge in [0, 0.05) is 0 Å². The number of nitrogens with one attached hydrogen (secondary N) is 3. The van der Waals surface area contributed by atoms with E-state index < -0.39 is 5.82 Å². The number of ether oxygens (including phenoxy) is 1. The van der Waals surface area contributed by atoms with Gasteiger partial charge in [0.05, 0.1) is 30.1 Å². The molecule has 28 heavy (non-hydrogen) atoms. The van der Waals surface area contributed by atoms with Crippen LogP contribution in [0, 0.1) is 5.82 Å². The van der Waals surface area contributed by atoms with E-state index in [1.54, 1.807) is 18.2 Å². The molecule has 6 nitrogen and oxygen atoms in total. The van der Waals surface area contributed by atoms with Crippen LogP contribution in [0.3, 0.4) is 0 Å². The van der Waals surface area contributed by atoms with Gasteiger partial charge in [-0.3, -0.25) is 9.59 Å². The third kappa shape index (κ3) is 6.51. The molecule has 0 saturated heterocycles. The molecule has 0 spiro atoms. The Balaban J connectivity index is 1.96. The van der Waals surface area contributed by atoms with E-state index in [-0.39, 0.29) is 29.9 Å². The molecule has 0 bridgehead atoms. The monoisotopic (exact) mass is 408 g/mol. The number of amides is 2. The molecular formula is C20H24ClFN3O3+. The Labute approximate surface area is 168 Å². The first-order valence-corrected chi connectivity index (χ1v) is 9.32. The number of hydrogen-bond donors (Lipinski definition) is 3. The molecule has 0 aliphatic carbocycles. The molecule has 0 radical (unpaired) electrons. The first-order valence-electron chi connectivity index (χ1n) is 8.94. The van der Waals surface area contributed by atoms with Crippen molar-refractivity contribution in [3.05, 3.63) is 53.3 Å². The quantitative estimate of drug-likeness (QED) is 0.596. The van der Waals surface area contributed by atoms with Crippen LogP contribution in [0.15, 0.2) is 42.5 Å². The molecule has 0 saturated carbocycles. The van der Waals surface area contributed by atoms with Crippen LogP contribution in [-0.4, -0.2) is 38.6 Å². The third-order valence-corrected chi connectivity index (χ3v) is 4.32. The van der Waals surface area contributed by atoms with Gasteiger partial charge in [0.1, 0.15) is 11.6 Å². The second-order valence-electron chi connectivity index (χ2n) is 6.27. The van der Waals surface area contributed by atoms with Crippen LogP contribution in [-0.2, 0) is 9.59 Å². The second kappa shape index (κ2) is 10.6. The highest BCUT2D eigenvalue weighted by atomic mass is 35.5. The van der Waals surface area contributed by atoms with Gasteiger partial charge in [-0.05, 0) is 36.8 Å². The van der Waals surface area contributed by atoms with Crippen LogP contribution in [0.2, 0.25) is 5.02 Å². The molecule has 0 aliphatic rings. The smallest absolute Gasteiger partial charge is 0.279 e. The van der Waals surface area contributed by atoms with Crippen molar-refractivity contribution in [1.29, 1.82) is 0 Å². The molecule has 1 atom stereocenters. The van der Waals surface area contributed by atoms with Gasteiger partial charge in [-0.15, -0.1) is 0 Å². The second-order valence-corrected chi connectivity index (χ2v) is 6.68. The SMILES string of the molecule is CCC[NH+](CC(=O)Nc1ccc(F)cc1Cl)CC(=O)Nc1ccccc1OC. The summed E-state index contributed by atoms with van der Waals surface area (Å²) >= 11 is 5.94. The Morgan fingerprint density at radius 2 is 1.71 bits per heavy atom. The first-order chi connectivity index (χ1) is 13.4. The summed E-state index contributed by atoms with van der Waals surface area (Å²) in [6, 6.07) is 10.9. The molecule has 0 heterocycles. The van der Waals surface area contributed by atoms with E-state index in [2.05, 4.69) is 10.6 Å². The highest BCUT2D eigenvalue weighted by Crippen LogP contribution is 2.23. The molecule has 2 rings (SSSR count). The summed E-state index contributed by atoms with van der Waals surface area (Å²) in [5.74, 6) is -0.437. The minimum absolute atomic E-state index is 0.0842. The normalized spacial score (nSPS) is 11.6. The number of quaternary nitrogens is 1. The van der Waals surface area contributed by atoms with Crippen molar-refractivity contribution in [3.8, 4) is 5.75 Å². The number of benzene rings is 2. The molecule has 2 aromatic carbocycles. The lowest BCUT2D eigenvalue weighted by Gasteiger charge is -2.19. The predicted octanol–water partition coefficient (Wildman–Crippen LogP) is 2.36. The van der Waals surface area contributed by atoms with Crippen molar-refractivity contribution < 1.29 is 23.6 Å². The Morgan fingerprint density at radius 1 is 1.07 bits per heavy atom. The molecule has 8 heteroatoms. The summed E-state index contributed by atoms with van der Waals surface area (Å²) in [6.45, 7) is 2.83. The first kappa shape index (κ1) is 21.7. The molecule has 150 valence electrons. The lowest BCUT2D eigenvalue weighted by molar-refractivity contribution is -0.883. The standard InChI is InChI=1S/C20H23ClFN3O3/c1-3-10-25(12-19(26)23-16-9-8-14(22)11-15(16)21)13-20(27)24-17-6-4-5-7-18(17)28-2/h4-9,11H,3,10,12-13H2,1-2H3,(H,23,26)(H,24,27)/p+1. The Kier molecular flexibility index (Phi) is 8.22. The minimum Gasteiger partial charge on any atom is -0.495 e. The molecule has 3 N–H and O–H groups in total. The summed E-state index contributed by atoms with van der Waals surface area (Å²) in [6.07, 6.45) is 0.807. The maximum absolute atomic E-state index is 13.1. The molecule has 0 aromatic heterocycles. The fourth-order valence-corrected chi connectivity index (χ4v) is 2.99. The summed E-state index contributed by atoms with van der Waals surface area (Å²) in [7, 11) is 1.53. The van der Waals surface area contributed by atoms with E-state index in [9.17, 15) is 14.0 Å². The number of rotatable bonds is 9. The van der Waals surface area contributed by atoms with Crippen LogP contribution < -0.4 is 20.3 Å². The van der Waals surface area contributed by atoms with Crippen LogP contribution in [0.25, 0.3) is 0 Å². The number of hydrogen-bond acceptors (Lipinski definition) is 3. The van der Waals surface area contributed by atoms with E-state index in [0.717, 1.165) is 17.4 Å². The molecule has 2 amide bonds. The average molecular weight is 409 g/mol. The van der Waals surface area contributed by atoms with Crippen LogP contribution >= 0.6 is 11.6 Å². The lowest BCUT2D eigenvalue weighted by Crippen LogP contribution is -3.14. The van der Waals surface area contributed by atoms with Crippen molar-refractivity contribution in [2.45, 2.75) is 13.3 Å². The van der Waals surface area contributed by atoms with Crippen molar-refractivity contribution in [2.24, 2.45) is 0 Å². The van der Waals surface area contributed by atoms with Crippen LogP contribution in [0.4, 0.5) is 15.8 Å². The van der Waals surface area contributed by atoms with Crippen LogP contribution in [0.5, 0.6) is 5.75 Å².